The van der Waals surface area contributed by atoms with Crippen molar-refractivity contribution in [1.82, 2.24) is 10.2 Å². The van der Waals surface area contributed by atoms with Gasteiger partial charge in [-0.25, -0.2) is 8.78 Å². The Morgan fingerprint density at radius 2 is 1.88 bits per heavy atom. The number of hydrogen-bond donors (Lipinski definition) is 1. The lowest BCUT2D eigenvalue weighted by molar-refractivity contribution is 0.102. The van der Waals surface area contributed by atoms with Crippen LogP contribution in [0.15, 0.2) is 40.8 Å². The average Bonchev–Trinajstić information content (AvgIpc) is 2.95. The van der Waals surface area contributed by atoms with E-state index in [4.69, 9.17) is 4.42 Å². The van der Waals surface area contributed by atoms with Crippen LogP contribution in [0.2, 0.25) is 0 Å². The summed E-state index contributed by atoms with van der Waals surface area (Å²) >= 11 is 0. The first kappa shape index (κ1) is 15.8. The lowest BCUT2D eigenvalue weighted by Gasteiger charge is -2.05. The maximum absolute atomic E-state index is 13.7. The number of rotatable bonds is 3. The average molecular weight is 329 g/mol. The topological polar surface area (TPSA) is 68.0 Å². The van der Waals surface area contributed by atoms with Gasteiger partial charge in [-0.15, -0.1) is 5.10 Å². The van der Waals surface area contributed by atoms with E-state index >= 15 is 0 Å². The van der Waals surface area contributed by atoms with E-state index in [9.17, 15) is 13.6 Å². The summed E-state index contributed by atoms with van der Waals surface area (Å²) < 4.78 is 31.9. The zero-order valence-corrected chi connectivity index (χ0v) is 12.9. The van der Waals surface area contributed by atoms with Crippen LogP contribution in [0, 0.1) is 25.5 Å². The first-order chi connectivity index (χ1) is 11.4. The predicted molar refractivity (Wildman–Crippen MR) is 83.5 cm³/mol. The van der Waals surface area contributed by atoms with Crippen LogP contribution in [0.4, 0.5) is 14.8 Å². The second kappa shape index (κ2) is 6.19. The molecule has 0 unspecified atom stereocenters. The van der Waals surface area contributed by atoms with Gasteiger partial charge in [0.25, 0.3) is 11.8 Å². The number of carbonyl (C=O) groups is 1. The van der Waals surface area contributed by atoms with Crippen LogP contribution >= 0.6 is 0 Å². The molecule has 1 aromatic heterocycles. The standard InChI is InChI=1S/C17H13F2N3O2/c1-9-3-5-12(10(2)7-9)15(23)20-17-22-21-16(24-17)13-6-4-11(18)8-14(13)19/h3-8H,1-2H3,(H,20,22,23). The second-order valence-electron chi connectivity index (χ2n) is 5.31. The SMILES string of the molecule is Cc1ccc(C(=O)Nc2nnc(-c3ccc(F)cc3F)o2)c(C)c1. The number of amides is 1. The number of anilines is 1. The molecular weight excluding hydrogens is 316 g/mol. The van der Waals surface area contributed by atoms with Gasteiger partial charge in [-0.2, -0.15) is 0 Å². The van der Waals surface area contributed by atoms with E-state index in [0.29, 0.717) is 11.6 Å². The summed E-state index contributed by atoms with van der Waals surface area (Å²) in [6.07, 6.45) is 0. The molecule has 0 saturated carbocycles. The smallest absolute Gasteiger partial charge is 0.322 e. The summed E-state index contributed by atoms with van der Waals surface area (Å²) in [7, 11) is 0. The molecule has 0 saturated heterocycles. The van der Waals surface area contributed by atoms with Gasteiger partial charge >= 0.3 is 6.01 Å². The zero-order chi connectivity index (χ0) is 17.3. The molecule has 3 rings (SSSR count). The molecule has 0 bridgehead atoms. The Kier molecular flexibility index (Phi) is 4.07. The number of benzene rings is 2. The van der Waals surface area contributed by atoms with E-state index in [2.05, 4.69) is 15.5 Å². The van der Waals surface area contributed by atoms with Crippen LogP contribution in [0.1, 0.15) is 21.5 Å². The molecule has 122 valence electrons. The maximum atomic E-state index is 13.7. The van der Waals surface area contributed by atoms with E-state index in [1.54, 1.807) is 6.07 Å². The lowest BCUT2D eigenvalue weighted by atomic mass is 10.1. The fourth-order valence-electron chi connectivity index (χ4n) is 2.28. The molecular formula is C17H13F2N3O2. The predicted octanol–water partition coefficient (Wildman–Crippen LogP) is 3.88. The molecule has 2 aromatic carbocycles. The van der Waals surface area contributed by atoms with E-state index in [1.807, 2.05) is 26.0 Å². The molecule has 1 amide bonds. The van der Waals surface area contributed by atoms with Gasteiger partial charge < -0.3 is 4.42 Å². The van der Waals surface area contributed by atoms with Crippen molar-refractivity contribution < 1.29 is 18.0 Å². The summed E-state index contributed by atoms with van der Waals surface area (Å²) in [4.78, 5) is 12.2. The molecule has 1 heterocycles. The monoisotopic (exact) mass is 329 g/mol. The van der Waals surface area contributed by atoms with Gasteiger partial charge in [-0.05, 0) is 37.6 Å². The van der Waals surface area contributed by atoms with Crippen LogP contribution in [0.5, 0.6) is 0 Å². The Morgan fingerprint density at radius 1 is 1.08 bits per heavy atom. The summed E-state index contributed by atoms with van der Waals surface area (Å²) in [5.41, 5.74) is 2.26. The maximum Gasteiger partial charge on any atom is 0.322 e. The molecule has 7 heteroatoms. The van der Waals surface area contributed by atoms with E-state index < -0.39 is 17.5 Å². The molecule has 0 fully saturated rings. The van der Waals surface area contributed by atoms with Gasteiger partial charge in [-0.1, -0.05) is 22.8 Å². The Balaban J connectivity index is 1.82. The molecule has 0 spiro atoms. The van der Waals surface area contributed by atoms with Crippen molar-refractivity contribution in [2.24, 2.45) is 0 Å². The molecule has 0 radical (unpaired) electrons. The molecule has 0 aliphatic heterocycles. The van der Waals surface area contributed by atoms with Crippen molar-refractivity contribution >= 4 is 11.9 Å². The minimum absolute atomic E-state index is 0.0454. The summed E-state index contributed by atoms with van der Waals surface area (Å²) in [5, 5.41) is 9.79. The lowest BCUT2D eigenvalue weighted by Crippen LogP contribution is -2.13. The third-order valence-electron chi connectivity index (χ3n) is 3.43. The zero-order valence-electron chi connectivity index (χ0n) is 12.9. The van der Waals surface area contributed by atoms with Gasteiger partial charge in [0, 0.05) is 11.6 Å². The fourth-order valence-corrected chi connectivity index (χ4v) is 2.28. The van der Waals surface area contributed by atoms with Crippen LogP contribution < -0.4 is 5.32 Å². The highest BCUT2D eigenvalue weighted by atomic mass is 19.1. The molecule has 24 heavy (non-hydrogen) atoms. The Bertz CT molecular complexity index is 922. The first-order valence-electron chi connectivity index (χ1n) is 7.11. The Morgan fingerprint density at radius 3 is 2.58 bits per heavy atom. The largest absolute Gasteiger partial charge is 0.403 e. The van der Waals surface area contributed by atoms with Crippen molar-refractivity contribution in [3.8, 4) is 11.5 Å². The van der Waals surface area contributed by atoms with E-state index in [-0.39, 0.29) is 17.5 Å². The number of carbonyl (C=O) groups excluding carboxylic acids is 1. The minimum atomic E-state index is -0.828. The van der Waals surface area contributed by atoms with Gasteiger partial charge in [0.15, 0.2) is 0 Å². The molecule has 0 aliphatic carbocycles. The van der Waals surface area contributed by atoms with Crippen LogP contribution in [-0.4, -0.2) is 16.1 Å². The number of nitrogens with one attached hydrogen (secondary N) is 1. The third-order valence-corrected chi connectivity index (χ3v) is 3.43. The fraction of sp³-hybridized carbons (Fsp3) is 0.118. The highest BCUT2D eigenvalue weighted by molar-refractivity contribution is 6.04. The quantitative estimate of drug-likeness (QED) is 0.792. The number of aryl methyl sites for hydroxylation is 2. The Labute approximate surface area is 136 Å². The van der Waals surface area contributed by atoms with Crippen molar-refractivity contribution in [3.63, 3.8) is 0 Å². The molecule has 0 atom stereocenters. The summed E-state index contributed by atoms with van der Waals surface area (Å²) in [6, 6.07) is 8.20. The van der Waals surface area contributed by atoms with Gasteiger partial charge in [0.05, 0.1) is 5.56 Å². The summed E-state index contributed by atoms with van der Waals surface area (Å²) in [5.74, 6) is -2.10. The third kappa shape index (κ3) is 3.15. The second-order valence-corrected chi connectivity index (χ2v) is 5.31. The number of nitrogens with zero attached hydrogens (tertiary/aromatic N) is 2. The Hall–Kier alpha value is -3.09. The van der Waals surface area contributed by atoms with Crippen molar-refractivity contribution in [3.05, 3.63) is 64.7 Å². The van der Waals surface area contributed by atoms with Gasteiger partial charge in [0.2, 0.25) is 0 Å². The van der Waals surface area contributed by atoms with Gasteiger partial charge in [0.1, 0.15) is 11.6 Å². The normalized spacial score (nSPS) is 10.7. The van der Waals surface area contributed by atoms with E-state index in [1.165, 1.54) is 6.07 Å². The van der Waals surface area contributed by atoms with Gasteiger partial charge in [-0.3, -0.25) is 10.1 Å². The van der Waals surface area contributed by atoms with Crippen LogP contribution in [-0.2, 0) is 0 Å². The highest BCUT2D eigenvalue weighted by Gasteiger charge is 2.16. The van der Waals surface area contributed by atoms with E-state index in [0.717, 1.165) is 17.2 Å². The van der Waals surface area contributed by atoms with Crippen molar-refractivity contribution in [2.45, 2.75) is 13.8 Å². The molecule has 5 nitrogen and oxygen atoms in total. The van der Waals surface area contributed by atoms with Crippen LogP contribution in [0.3, 0.4) is 0 Å². The highest BCUT2D eigenvalue weighted by Crippen LogP contribution is 2.24. The number of aromatic nitrogens is 2. The number of hydrogen-bond acceptors (Lipinski definition) is 4. The summed E-state index contributed by atoms with van der Waals surface area (Å²) in [6.45, 7) is 3.74. The first-order valence-corrected chi connectivity index (χ1v) is 7.11. The molecule has 3 aromatic rings. The number of halogens is 2. The van der Waals surface area contributed by atoms with Crippen LogP contribution in [0.25, 0.3) is 11.5 Å². The molecule has 0 aliphatic rings. The van der Waals surface area contributed by atoms with Crippen molar-refractivity contribution in [1.29, 1.82) is 0 Å². The van der Waals surface area contributed by atoms with Crippen molar-refractivity contribution in [2.75, 3.05) is 5.32 Å². The minimum Gasteiger partial charge on any atom is -0.403 e. The molecule has 1 N–H and O–H groups in total.